The summed E-state index contributed by atoms with van der Waals surface area (Å²) in [5.41, 5.74) is 6.72. The molecular weight excluding hydrogens is 186 g/mol. The Morgan fingerprint density at radius 1 is 1.20 bits per heavy atom. The number of hydrogen-bond acceptors (Lipinski definition) is 3. The molecule has 3 nitrogen and oxygen atoms in total. The van der Waals surface area contributed by atoms with Crippen LogP contribution in [0.3, 0.4) is 0 Å². The maximum atomic E-state index is 5.74. The summed E-state index contributed by atoms with van der Waals surface area (Å²) in [6, 6.07) is 1.83. The summed E-state index contributed by atoms with van der Waals surface area (Å²) in [4.78, 5) is 8.84. The number of aryl methyl sites for hydroxylation is 1. The van der Waals surface area contributed by atoms with Crippen molar-refractivity contribution < 1.29 is 0 Å². The third-order valence-electron chi connectivity index (χ3n) is 3.27. The standard InChI is InChI=1S/C12H19N3/c1-8-3-5-10(6-4-8)12-14-9(2)7-11(13)15-12/h7-8,10H,3-6H2,1-2H3,(H2,13,14,15). The van der Waals surface area contributed by atoms with E-state index in [-0.39, 0.29) is 0 Å². The van der Waals surface area contributed by atoms with Gasteiger partial charge in [-0.2, -0.15) is 0 Å². The molecule has 3 heteroatoms. The van der Waals surface area contributed by atoms with E-state index in [0.717, 1.165) is 17.4 Å². The Morgan fingerprint density at radius 2 is 1.87 bits per heavy atom. The number of rotatable bonds is 1. The van der Waals surface area contributed by atoms with Crippen LogP contribution in [0.2, 0.25) is 0 Å². The van der Waals surface area contributed by atoms with Gasteiger partial charge in [-0.3, -0.25) is 0 Å². The fourth-order valence-corrected chi connectivity index (χ4v) is 2.32. The zero-order chi connectivity index (χ0) is 10.8. The molecule has 1 saturated carbocycles. The largest absolute Gasteiger partial charge is 0.384 e. The molecule has 2 N–H and O–H groups in total. The Morgan fingerprint density at radius 3 is 2.47 bits per heavy atom. The summed E-state index contributed by atoms with van der Waals surface area (Å²) in [5.74, 6) is 2.96. The Balaban J connectivity index is 2.15. The highest BCUT2D eigenvalue weighted by atomic mass is 14.9. The van der Waals surface area contributed by atoms with Gasteiger partial charge in [0.15, 0.2) is 0 Å². The summed E-state index contributed by atoms with van der Waals surface area (Å²) >= 11 is 0. The smallest absolute Gasteiger partial charge is 0.134 e. The van der Waals surface area contributed by atoms with Crippen molar-refractivity contribution in [2.24, 2.45) is 5.92 Å². The van der Waals surface area contributed by atoms with Crippen LogP contribution in [-0.4, -0.2) is 9.97 Å². The van der Waals surface area contributed by atoms with Crippen molar-refractivity contribution in [2.75, 3.05) is 5.73 Å². The molecule has 15 heavy (non-hydrogen) atoms. The average Bonchev–Trinajstić information content (AvgIpc) is 2.17. The van der Waals surface area contributed by atoms with Crippen LogP contribution in [0.4, 0.5) is 5.82 Å². The number of nitrogens with two attached hydrogens (primary N) is 1. The lowest BCUT2D eigenvalue weighted by molar-refractivity contribution is 0.339. The topological polar surface area (TPSA) is 51.8 Å². The summed E-state index contributed by atoms with van der Waals surface area (Å²) < 4.78 is 0. The first-order chi connectivity index (χ1) is 7.15. The zero-order valence-corrected chi connectivity index (χ0v) is 9.53. The van der Waals surface area contributed by atoms with Gasteiger partial charge in [0.2, 0.25) is 0 Å². The van der Waals surface area contributed by atoms with Crippen molar-refractivity contribution in [2.45, 2.75) is 45.4 Å². The van der Waals surface area contributed by atoms with E-state index in [0.29, 0.717) is 11.7 Å². The van der Waals surface area contributed by atoms with Gasteiger partial charge in [0.05, 0.1) is 0 Å². The lowest BCUT2D eigenvalue weighted by Gasteiger charge is -2.25. The monoisotopic (exact) mass is 205 g/mol. The van der Waals surface area contributed by atoms with Crippen LogP contribution < -0.4 is 5.73 Å². The maximum absolute atomic E-state index is 5.74. The summed E-state index contributed by atoms with van der Waals surface area (Å²) in [7, 11) is 0. The molecule has 0 amide bonds. The second-order valence-electron chi connectivity index (χ2n) is 4.75. The van der Waals surface area contributed by atoms with Crippen LogP contribution in [0.1, 0.15) is 50.0 Å². The molecule has 0 bridgehead atoms. The number of nitrogens with zero attached hydrogens (tertiary/aromatic N) is 2. The normalized spacial score (nSPS) is 26.5. The van der Waals surface area contributed by atoms with E-state index < -0.39 is 0 Å². The van der Waals surface area contributed by atoms with E-state index in [9.17, 15) is 0 Å². The molecule has 0 unspecified atom stereocenters. The Kier molecular flexibility index (Phi) is 2.89. The van der Waals surface area contributed by atoms with Gasteiger partial charge in [-0.25, -0.2) is 9.97 Å². The number of anilines is 1. The van der Waals surface area contributed by atoms with Crippen molar-refractivity contribution in [1.82, 2.24) is 9.97 Å². The van der Waals surface area contributed by atoms with Gasteiger partial charge in [0.1, 0.15) is 11.6 Å². The minimum Gasteiger partial charge on any atom is -0.384 e. The minimum atomic E-state index is 0.531. The van der Waals surface area contributed by atoms with Crippen molar-refractivity contribution in [3.8, 4) is 0 Å². The van der Waals surface area contributed by atoms with Crippen molar-refractivity contribution in [1.29, 1.82) is 0 Å². The average molecular weight is 205 g/mol. The Hall–Kier alpha value is -1.12. The fraction of sp³-hybridized carbons (Fsp3) is 0.667. The van der Waals surface area contributed by atoms with E-state index in [1.165, 1.54) is 25.7 Å². The molecule has 82 valence electrons. The quantitative estimate of drug-likeness (QED) is 0.766. The number of nitrogen functional groups attached to an aromatic ring is 1. The molecule has 1 heterocycles. The molecule has 1 aliphatic rings. The molecular formula is C12H19N3. The van der Waals surface area contributed by atoms with E-state index in [1.54, 1.807) is 0 Å². The van der Waals surface area contributed by atoms with E-state index in [2.05, 4.69) is 16.9 Å². The first kappa shape index (κ1) is 10.4. The zero-order valence-electron chi connectivity index (χ0n) is 9.53. The summed E-state index contributed by atoms with van der Waals surface area (Å²) in [6.07, 6.45) is 5.01. The van der Waals surface area contributed by atoms with Gasteiger partial charge in [0.25, 0.3) is 0 Å². The van der Waals surface area contributed by atoms with Crippen molar-refractivity contribution >= 4 is 5.82 Å². The Labute approximate surface area is 91.1 Å². The molecule has 0 aromatic carbocycles. The van der Waals surface area contributed by atoms with Crippen molar-refractivity contribution in [3.05, 3.63) is 17.6 Å². The molecule has 0 aliphatic heterocycles. The molecule has 0 radical (unpaired) electrons. The number of aromatic nitrogens is 2. The summed E-state index contributed by atoms with van der Waals surface area (Å²) in [6.45, 7) is 4.30. The van der Waals surface area contributed by atoms with Gasteiger partial charge < -0.3 is 5.73 Å². The Bertz CT molecular complexity index is 320. The minimum absolute atomic E-state index is 0.531. The van der Waals surface area contributed by atoms with Gasteiger partial charge in [-0.1, -0.05) is 19.8 Å². The molecule has 1 aromatic heterocycles. The number of hydrogen-bond donors (Lipinski definition) is 1. The first-order valence-corrected chi connectivity index (χ1v) is 5.76. The molecule has 2 rings (SSSR count). The lowest BCUT2D eigenvalue weighted by Crippen LogP contribution is -2.14. The molecule has 1 fully saturated rings. The SMILES string of the molecule is Cc1cc(N)nc(C2CCC(C)CC2)n1. The van der Waals surface area contributed by atoms with Crippen LogP contribution in [0.25, 0.3) is 0 Å². The molecule has 1 aromatic rings. The van der Waals surface area contributed by atoms with Crippen LogP contribution in [0, 0.1) is 12.8 Å². The third-order valence-corrected chi connectivity index (χ3v) is 3.27. The lowest BCUT2D eigenvalue weighted by atomic mass is 9.82. The maximum Gasteiger partial charge on any atom is 0.134 e. The second kappa shape index (κ2) is 4.17. The van der Waals surface area contributed by atoms with Crippen LogP contribution in [-0.2, 0) is 0 Å². The third kappa shape index (κ3) is 2.46. The first-order valence-electron chi connectivity index (χ1n) is 5.76. The van der Waals surface area contributed by atoms with E-state index in [4.69, 9.17) is 5.73 Å². The fourth-order valence-electron chi connectivity index (χ4n) is 2.32. The predicted octanol–water partition coefficient (Wildman–Crippen LogP) is 2.66. The van der Waals surface area contributed by atoms with E-state index >= 15 is 0 Å². The van der Waals surface area contributed by atoms with Crippen LogP contribution in [0.5, 0.6) is 0 Å². The van der Waals surface area contributed by atoms with E-state index in [1.807, 2.05) is 13.0 Å². The van der Waals surface area contributed by atoms with Crippen molar-refractivity contribution in [3.63, 3.8) is 0 Å². The second-order valence-corrected chi connectivity index (χ2v) is 4.75. The summed E-state index contributed by atoms with van der Waals surface area (Å²) in [5, 5.41) is 0. The highest BCUT2D eigenvalue weighted by Gasteiger charge is 2.22. The van der Waals surface area contributed by atoms with Gasteiger partial charge >= 0.3 is 0 Å². The van der Waals surface area contributed by atoms with Gasteiger partial charge in [-0.15, -0.1) is 0 Å². The molecule has 0 spiro atoms. The van der Waals surface area contributed by atoms with Crippen LogP contribution in [0.15, 0.2) is 6.07 Å². The van der Waals surface area contributed by atoms with Gasteiger partial charge in [0, 0.05) is 17.7 Å². The molecule has 0 saturated heterocycles. The van der Waals surface area contributed by atoms with Crippen LogP contribution >= 0.6 is 0 Å². The molecule has 0 atom stereocenters. The highest BCUT2D eigenvalue weighted by molar-refractivity contribution is 5.30. The highest BCUT2D eigenvalue weighted by Crippen LogP contribution is 2.34. The molecule has 1 aliphatic carbocycles. The predicted molar refractivity (Wildman–Crippen MR) is 61.6 cm³/mol. The van der Waals surface area contributed by atoms with Gasteiger partial charge in [-0.05, 0) is 25.7 Å².